The predicted octanol–water partition coefficient (Wildman–Crippen LogP) is 4.90. The van der Waals surface area contributed by atoms with Crippen molar-refractivity contribution in [2.45, 2.75) is 44.9 Å². The normalized spacial score (nSPS) is 18.9. The first-order valence-electron chi connectivity index (χ1n) is 6.42. The van der Waals surface area contributed by atoms with Crippen LogP contribution in [0, 0.1) is 12.8 Å². The molecule has 0 nitrogen and oxygen atoms in total. The minimum absolute atomic E-state index is 0.561. The summed E-state index contributed by atoms with van der Waals surface area (Å²) in [5, 5.41) is 0. The van der Waals surface area contributed by atoms with Crippen LogP contribution in [0.15, 0.2) is 24.3 Å². The van der Waals surface area contributed by atoms with Gasteiger partial charge in [-0.2, -0.15) is 0 Å². The van der Waals surface area contributed by atoms with Gasteiger partial charge in [0.1, 0.15) is 0 Å². The standard InChI is InChI=1S/C15H21Cl/c1-12-6-8-14(9-7-12)15(11-16)10-13-4-2-3-5-13/h6-9,13,15H,2-5,10-11H2,1H3. The third-order valence-electron chi connectivity index (χ3n) is 3.83. The van der Waals surface area contributed by atoms with Gasteiger partial charge in [-0.1, -0.05) is 55.5 Å². The van der Waals surface area contributed by atoms with Crippen molar-refractivity contribution in [3.63, 3.8) is 0 Å². The van der Waals surface area contributed by atoms with E-state index >= 15 is 0 Å². The van der Waals surface area contributed by atoms with Crippen LogP contribution in [0.5, 0.6) is 0 Å². The van der Waals surface area contributed by atoms with E-state index in [-0.39, 0.29) is 0 Å². The maximum Gasteiger partial charge on any atom is 0.0292 e. The van der Waals surface area contributed by atoms with Crippen molar-refractivity contribution < 1.29 is 0 Å². The maximum atomic E-state index is 6.12. The highest BCUT2D eigenvalue weighted by atomic mass is 35.5. The molecular formula is C15H21Cl. The van der Waals surface area contributed by atoms with Crippen molar-refractivity contribution in [1.29, 1.82) is 0 Å². The zero-order valence-electron chi connectivity index (χ0n) is 10.1. The van der Waals surface area contributed by atoms with Crippen LogP contribution in [-0.2, 0) is 0 Å². The Kier molecular flexibility index (Phi) is 4.29. The lowest BCUT2D eigenvalue weighted by atomic mass is 9.89. The molecule has 0 spiro atoms. The number of alkyl halides is 1. The van der Waals surface area contributed by atoms with Crippen LogP contribution in [0.4, 0.5) is 0 Å². The van der Waals surface area contributed by atoms with Gasteiger partial charge >= 0.3 is 0 Å². The summed E-state index contributed by atoms with van der Waals surface area (Å²) in [6.45, 7) is 2.14. The third kappa shape index (κ3) is 3.01. The fourth-order valence-electron chi connectivity index (χ4n) is 2.78. The Hall–Kier alpha value is -0.490. The zero-order chi connectivity index (χ0) is 11.4. The Morgan fingerprint density at radius 3 is 2.38 bits per heavy atom. The van der Waals surface area contributed by atoms with Crippen molar-refractivity contribution in [3.8, 4) is 0 Å². The van der Waals surface area contributed by atoms with E-state index in [2.05, 4.69) is 31.2 Å². The first kappa shape index (κ1) is 12.0. The molecule has 0 radical (unpaired) electrons. The lowest BCUT2D eigenvalue weighted by molar-refractivity contribution is 0.462. The van der Waals surface area contributed by atoms with E-state index < -0.39 is 0 Å². The van der Waals surface area contributed by atoms with E-state index in [0.717, 1.165) is 11.8 Å². The van der Waals surface area contributed by atoms with Crippen LogP contribution in [0.25, 0.3) is 0 Å². The summed E-state index contributed by atoms with van der Waals surface area (Å²) in [6.07, 6.45) is 6.96. The molecule has 16 heavy (non-hydrogen) atoms. The molecular weight excluding hydrogens is 216 g/mol. The van der Waals surface area contributed by atoms with Crippen molar-refractivity contribution in [2.24, 2.45) is 5.92 Å². The van der Waals surface area contributed by atoms with Gasteiger partial charge in [0.2, 0.25) is 0 Å². The van der Waals surface area contributed by atoms with Gasteiger partial charge in [0.15, 0.2) is 0 Å². The Morgan fingerprint density at radius 2 is 1.81 bits per heavy atom. The number of halogens is 1. The van der Waals surface area contributed by atoms with Crippen LogP contribution in [-0.4, -0.2) is 5.88 Å². The number of aryl methyl sites for hydroxylation is 1. The minimum atomic E-state index is 0.561. The molecule has 0 heterocycles. The van der Waals surface area contributed by atoms with E-state index in [0.29, 0.717) is 5.92 Å². The first-order valence-corrected chi connectivity index (χ1v) is 6.95. The highest BCUT2D eigenvalue weighted by Crippen LogP contribution is 2.34. The molecule has 1 unspecified atom stereocenters. The fraction of sp³-hybridized carbons (Fsp3) is 0.600. The first-order chi connectivity index (χ1) is 7.79. The highest BCUT2D eigenvalue weighted by Gasteiger charge is 2.20. The molecule has 0 saturated heterocycles. The summed E-state index contributed by atoms with van der Waals surface area (Å²) in [5.41, 5.74) is 2.76. The van der Waals surface area contributed by atoms with Crippen LogP contribution >= 0.6 is 11.6 Å². The van der Waals surface area contributed by atoms with Gasteiger partial charge in [-0.25, -0.2) is 0 Å². The van der Waals surface area contributed by atoms with E-state index in [1.807, 2.05) is 0 Å². The minimum Gasteiger partial charge on any atom is -0.126 e. The molecule has 0 aromatic heterocycles. The average Bonchev–Trinajstić information content (AvgIpc) is 2.80. The molecule has 1 heteroatoms. The number of benzene rings is 1. The number of hydrogen-bond acceptors (Lipinski definition) is 0. The van der Waals surface area contributed by atoms with Gasteiger partial charge in [0, 0.05) is 5.88 Å². The van der Waals surface area contributed by atoms with Crippen molar-refractivity contribution in [1.82, 2.24) is 0 Å². The molecule has 0 amide bonds. The molecule has 0 N–H and O–H groups in total. The van der Waals surface area contributed by atoms with E-state index in [1.54, 1.807) is 0 Å². The monoisotopic (exact) mass is 236 g/mol. The highest BCUT2D eigenvalue weighted by molar-refractivity contribution is 6.18. The second kappa shape index (κ2) is 5.72. The molecule has 1 aliphatic carbocycles. The van der Waals surface area contributed by atoms with Crippen LogP contribution in [0.3, 0.4) is 0 Å². The van der Waals surface area contributed by atoms with Gasteiger partial charge < -0.3 is 0 Å². The van der Waals surface area contributed by atoms with Crippen LogP contribution in [0.2, 0.25) is 0 Å². The van der Waals surface area contributed by atoms with Gasteiger partial charge in [0.05, 0.1) is 0 Å². The molecule has 1 aliphatic rings. The summed E-state index contributed by atoms with van der Waals surface area (Å²) in [4.78, 5) is 0. The van der Waals surface area contributed by atoms with E-state index in [1.165, 1.54) is 43.2 Å². The SMILES string of the molecule is Cc1ccc(C(CCl)CC2CCCC2)cc1. The van der Waals surface area contributed by atoms with E-state index in [9.17, 15) is 0 Å². The summed E-state index contributed by atoms with van der Waals surface area (Å²) in [7, 11) is 0. The summed E-state index contributed by atoms with van der Waals surface area (Å²) in [6, 6.07) is 8.89. The molecule has 0 aliphatic heterocycles. The maximum absolute atomic E-state index is 6.12. The largest absolute Gasteiger partial charge is 0.126 e. The lowest BCUT2D eigenvalue weighted by Gasteiger charge is -2.18. The molecule has 1 fully saturated rings. The van der Waals surface area contributed by atoms with Crippen molar-refractivity contribution >= 4 is 11.6 Å². The molecule has 1 aromatic rings. The Labute approximate surface area is 104 Å². The number of hydrogen-bond donors (Lipinski definition) is 0. The lowest BCUT2D eigenvalue weighted by Crippen LogP contribution is -2.06. The molecule has 88 valence electrons. The van der Waals surface area contributed by atoms with Gasteiger partial charge in [0.25, 0.3) is 0 Å². The van der Waals surface area contributed by atoms with Gasteiger partial charge in [-0.05, 0) is 30.7 Å². The molecule has 1 aromatic carbocycles. The smallest absolute Gasteiger partial charge is 0.0292 e. The van der Waals surface area contributed by atoms with Gasteiger partial charge in [-0.15, -0.1) is 11.6 Å². The Balaban J connectivity index is 2.00. The van der Waals surface area contributed by atoms with E-state index in [4.69, 9.17) is 11.6 Å². The Bertz CT molecular complexity index is 309. The van der Waals surface area contributed by atoms with Gasteiger partial charge in [-0.3, -0.25) is 0 Å². The summed E-state index contributed by atoms with van der Waals surface area (Å²) >= 11 is 6.12. The van der Waals surface area contributed by atoms with Crippen molar-refractivity contribution in [2.75, 3.05) is 5.88 Å². The van der Waals surface area contributed by atoms with Crippen LogP contribution in [0.1, 0.15) is 49.1 Å². The average molecular weight is 237 g/mol. The third-order valence-corrected chi connectivity index (χ3v) is 4.20. The topological polar surface area (TPSA) is 0 Å². The second-order valence-corrected chi connectivity index (χ2v) is 5.46. The number of rotatable bonds is 4. The molecule has 2 rings (SSSR count). The molecule has 0 bridgehead atoms. The summed E-state index contributed by atoms with van der Waals surface area (Å²) in [5.74, 6) is 2.25. The predicted molar refractivity (Wildman–Crippen MR) is 71.2 cm³/mol. The molecule has 1 saturated carbocycles. The quantitative estimate of drug-likeness (QED) is 0.653. The fourth-order valence-corrected chi connectivity index (χ4v) is 3.08. The zero-order valence-corrected chi connectivity index (χ0v) is 10.8. The molecule has 1 atom stereocenters. The van der Waals surface area contributed by atoms with Crippen LogP contribution < -0.4 is 0 Å². The second-order valence-electron chi connectivity index (χ2n) is 5.15. The van der Waals surface area contributed by atoms with Crippen molar-refractivity contribution in [3.05, 3.63) is 35.4 Å². The Morgan fingerprint density at radius 1 is 1.19 bits per heavy atom. The summed E-state index contributed by atoms with van der Waals surface area (Å²) < 4.78 is 0.